The first-order valence-corrected chi connectivity index (χ1v) is 7.40. The Morgan fingerprint density at radius 2 is 2.16 bits per heavy atom. The van der Waals surface area contributed by atoms with Crippen LogP contribution in [-0.2, 0) is 17.6 Å². The molecule has 3 rings (SSSR count). The summed E-state index contributed by atoms with van der Waals surface area (Å²) >= 11 is 1.86. The van der Waals surface area contributed by atoms with E-state index < -0.39 is 12.1 Å². The third-order valence-corrected chi connectivity index (χ3v) is 4.86. The lowest BCUT2D eigenvalue weighted by atomic mass is 9.96. The molecule has 0 bridgehead atoms. The molecule has 0 radical (unpaired) electrons. The minimum Gasteiger partial charge on any atom is -0.479 e. The van der Waals surface area contributed by atoms with Crippen molar-refractivity contribution >= 4 is 27.4 Å². The maximum Gasteiger partial charge on any atom is 0.344 e. The maximum absolute atomic E-state index is 10.8. The van der Waals surface area contributed by atoms with Crippen molar-refractivity contribution in [2.75, 3.05) is 0 Å². The largest absolute Gasteiger partial charge is 0.479 e. The summed E-state index contributed by atoms with van der Waals surface area (Å²) in [7, 11) is 0. The SMILES string of the molecule is CC(Oc1ccc2sc3c(c2c1)CCCC3)C(=O)O. The zero-order chi connectivity index (χ0) is 13.4. The third-order valence-electron chi connectivity index (χ3n) is 3.59. The molecule has 0 spiro atoms. The number of benzene rings is 1. The molecule has 100 valence electrons. The Morgan fingerprint density at radius 1 is 1.37 bits per heavy atom. The number of aryl methyl sites for hydroxylation is 2. The van der Waals surface area contributed by atoms with Gasteiger partial charge in [0.25, 0.3) is 0 Å². The van der Waals surface area contributed by atoms with Crippen molar-refractivity contribution in [3.63, 3.8) is 0 Å². The minimum absolute atomic E-state index is 0.647. The van der Waals surface area contributed by atoms with E-state index in [0.717, 1.165) is 6.42 Å². The van der Waals surface area contributed by atoms with Crippen LogP contribution in [0.1, 0.15) is 30.2 Å². The Bertz CT molecular complexity index is 630. The van der Waals surface area contributed by atoms with Crippen LogP contribution in [0.3, 0.4) is 0 Å². The van der Waals surface area contributed by atoms with Gasteiger partial charge in [0, 0.05) is 9.58 Å². The highest BCUT2D eigenvalue weighted by Gasteiger charge is 2.17. The zero-order valence-corrected chi connectivity index (χ0v) is 11.6. The third kappa shape index (κ3) is 2.32. The fraction of sp³-hybridized carbons (Fsp3) is 0.400. The highest BCUT2D eigenvalue weighted by molar-refractivity contribution is 7.19. The molecule has 1 atom stereocenters. The first-order valence-electron chi connectivity index (χ1n) is 6.59. The summed E-state index contributed by atoms with van der Waals surface area (Å²) in [6.45, 7) is 1.55. The van der Waals surface area contributed by atoms with Crippen LogP contribution in [0.15, 0.2) is 18.2 Å². The van der Waals surface area contributed by atoms with Crippen molar-refractivity contribution in [3.8, 4) is 5.75 Å². The van der Waals surface area contributed by atoms with Gasteiger partial charge >= 0.3 is 5.97 Å². The van der Waals surface area contributed by atoms with Crippen LogP contribution in [0.25, 0.3) is 10.1 Å². The Hall–Kier alpha value is -1.55. The van der Waals surface area contributed by atoms with Gasteiger partial charge in [-0.2, -0.15) is 0 Å². The molecule has 0 fully saturated rings. The molecule has 1 unspecified atom stereocenters. The van der Waals surface area contributed by atoms with E-state index >= 15 is 0 Å². The summed E-state index contributed by atoms with van der Waals surface area (Å²) in [5, 5.41) is 10.1. The second-order valence-corrected chi connectivity index (χ2v) is 6.10. The molecule has 1 N–H and O–H groups in total. The number of rotatable bonds is 3. The molecular weight excluding hydrogens is 260 g/mol. The topological polar surface area (TPSA) is 46.5 Å². The lowest BCUT2D eigenvalue weighted by Crippen LogP contribution is -2.22. The standard InChI is InChI=1S/C15H16O3S/c1-9(15(16)17)18-10-6-7-14-12(8-10)11-4-2-3-5-13(11)19-14/h6-9H,2-5H2,1H3,(H,16,17). The van der Waals surface area contributed by atoms with Crippen LogP contribution in [0, 0.1) is 0 Å². The number of carboxylic acid groups (broad SMARTS) is 1. The summed E-state index contributed by atoms with van der Waals surface area (Å²) in [5.74, 6) is -0.291. The van der Waals surface area contributed by atoms with E-state index in [0.29, 0.717) is 5.75 Å². The first-order chi connectivity index (χ1) is 9.15. The summed E-state index contributed by atoms with van der Waals surface area (Å²) in [6.07, 6.45) is 4.02. The summed E-state index contributed by atoms with van der Waals surface area (Å²) in [6, 6.07) is 5.90. The van der Waals surface area contributed by atoms with Gasteiger partial charge in [0.05, 0.1) is 0 Å². The van der Waals surface area contributed by atoms with Crippen LogP contribution in [0.5, 0.6) is 5.75 Å². The van der Waals surface area contributed by atoms with Crippen molar-refractivity contribution < 1.29 is 14.6 Å². The quantitative estimate of drug-likeness (QED) is 0.931. The van der Waals surface area contributed by atoms with Crippen LogP contribution in [0.4, 0.5) is 0 Å². The lowest BCUT2D eigenvalue weighted by molar-refractivity contribution is -0.144. The number of hydrogen-bond acceptors (Lipinski definition) is 3. The molecule has 19 heavy (non-hydrogen) atoms. The van der Waals surface area contributed by atoms with E-state index in [1.165, 1.54) is 39.8 Å². The number of carboxylic acids is 1. The summed E-state index contributed by atoms with van der Waals surface area (Å²) in [4.78, 5) is 12.3. The molecular formula is C15H16O3S. The monoisotopic (exact) mass is 276 g/mol. The van der Waals surface area contributed by atoms with Crippen LogP contribution in [0.2, 0.25) is 0 Å². The van der Waals surface area contributed by atoms with E-state index in [-0.39, 0.29) is 0 Å². The minimum atomic E-state index is -0.938. The normalized spacial score (nSPS) is 16.1. The molecule has 3 nitrogen and oxygen atoms in total. The van der Waals surface area contributed by atoms with Crippen LogP contribution < -0.4 is 4.74 Å². The number of thiophene rings is 1. The lowest BCUT2D eigenvalue weighted by Gasteiger charge is -2.12. The van der Waals surface area contributed by atoms with Crippen LogP contribution >= 0.6 is 11.3 Å². The Morgan fingerprint density at radius 3 is 2.95 bits per heavy atom. The van der Waals surface area contributed by atoms with Gasteiger partial charge in [0.1, 0.15) is 5.75 Å². The fourth-order valence-electron chi connectivity index (χ4n) is 2.57. The van der Waals surface area contributed by atoms with E-state index in [4.69, 9.17) is 9.84 Å². The average molecular weight is 276 g/mol. The van der Waals surface area contributed by atoms with E-state index in [1.54, 1.807) is 6.92 Å². The predicted molar refractivity (Wildman–Crippen MR) is 76.2 cm³/mol. The van der Waals surface area contributed by atoms with Crippen molar-refractivity contribution in [1.82, 2.24) is 0 Å². The van der Waals surface area contributed by atoms with Gasteiger partial charge in [-0.15, -0.1) is 11.3 Å². The van der Waals surface area contributed by atoms with Gasteiger partial charge in [-0.05, 0) is 61.8 Å². The van der Waals surface area contributed by atoms with E-state index in [1.807, 2.05) is 29.5 Å². The van der Waals surface area contributed by atoms with Crippen LogP contribution in [-0.4, -0.2) is 17.2 Å². The molecule has 1 heterocycles. The molecule has 4 heteroatoms. The number of fused-ring (bicyclic) bond motifs is 3. The second kappa shape index (κ2) is 4.85. The molecule has 1 aromatic carbocycles. The van der Waals surface area contributed by atoms with Gasteiger partial charge in [-0.3, -0.25) is 0 Å². The molecule has 1 aromatic heterocycles. The number of aliphatic carboxylic acids is 1. The van der Waals surface area contributed by atoms with Crippen molar-refractivity contribution in [2.45, 2.75) is 38.7 Å². The first kappa shape index (κ1) is 12.5. The number of ether oxygens (including phenoxy) is 1. The van der Waals surface area contributed by atoms with Crippen molar-refractivity contribution in [2.24, 2.45) is 0 Å². The second-order valence-electron chi connectivity index (χ2n) is 4.97. The molecule has 2 aromatic rings. The average Bonchev–Trinajstić information content (AvgIpc) is 2.76. The van der Waals surface area contributed by atoms with E-state index in [2.05, 4.69) is 0 Å². The molecule has 1 aliphatic carbocycles. The highest BCUT2D eigenvalue weighted by Crippen LogP contribution is 2.38. The molecule has 1 aliphatic rings. The molecule has 0 aliphatic heterocycles. The van der Waals surface area contributed by atoms with Gasteiger partial charge < -0.3 is 9.84 Å². The van der Waals surface area contributed by atoms with E-state index in [9.17, 15) is 4.79 Å². The molecule has 0 saturated heterocycles. The zero-order valence-electron chi connectivity index (χ0n) is 10.8. The van der Waals surface area contributed by atoms with Gasteiger partial charge in [0.2, 0.25) is 0 Å². The summed E-state index contributed by atoms with van der Waals surface area (Å²) < 4.78 is 6.73. The Kier molecular flexibility index (Phi) is 3.19. The fourth-order valence-corrected chi connectivity index (χ4v) is 3.84. The van der Waals surface area contributed by atoms with Crippen molar-refractivity contribution in [1.29, 1.82) is 0 Å². The molecule has 0 saturated carbocycles. The van der Waals surface area contributed by atoms with Gasteiger partial charge in [-0.25, -0.2) is 4.79 Å². The number of carbonyl (C=O) groups is 1. The smallest absolute Gasteiger partial charge is 0.344 e. The number of hydrogen-bond donors (Lipinski definition) is 1. The highest BCUT2D eigenvalue weighted by atomic mass is 32.1. The van der Waals surface area contributed by atoms with Crippen molar-refractivity contribution in [3.05, 3.63) is 28.6 Å². The molecule has 0 amide bonds. The Balaban J connectivity index is 1.98. The van der Waals surface area contributed by atoms with Gasteiger partial charge in [-0.1, -0.05) is 0 Å². The Labute approximate surface area is 115 Å². The predicted octanol–water partition coefficient (Wildman–Crippen LogP) is 3.63. The van der Waals surface area contributed by atoms with Gasteiger partial charge in [0.15, 0.2) is 6.10 Å². The maximum atomic E-state index is 10.8. The summed E-state index contributed by atoms with van der Waals surface area (Å²) in [5.41, 5.74) is 1.44.